The van der Waals surface area contributed by atoms with Gasteiger partial charge in [0.1, 0.15) is 15.9 Å². The fourth-order valence-electron chi connectivity index (χ4n) is 1.65. The van der Waals surface area contributed by atoms with E-state index >= 15 is 0 Å². The van der Waals surface area contributed by atoms with E-state index in [2.05, 4.69) is 0 Å². The van der Waals surface area contributed by atoms with Crippen LogP contribution in [-0.2, 0) is 15.9 Å². The maximum atomic E-state index is 10.7. The Bertz CT molecular complexity index is 699. The molecule has 0 amide bonds. The molecule has 0 aliphatic heterocycles. The van der Waals surface area contributed by atoms with Crippen molar-refractivity contribution in [3.63, 3.8) is 0 Å². The second kappa shape index (κ2) is 8.35. The van der Waals surface area contributed by atoms with Gasteiger partial charge in [0.05, 0.1) is 0 Å². The third kappa shape index (κ3) is 5.58. The number of phenols is 1. The molecule has 0 fully saturated rings. The van der Waals surface area contributed by atoms with Crippen molar-refractivity contribution >= 4 is 21.9 Å². The standard InChI is InChI=1S/C14H14O5S2.Na/c15-12-5-7-13(8-6-12)20-9-10-1-3-11(4-2-10)14(16)21(17,18)19;/h1-8,14-16H,9H2,(H,17,18,19);/q;+1/p-1. The first kappa shape index (κ1) is 19.5. The predicted octanol–water partition coefficient (Wildman–Crippen LogP) is -0.775. The summed E-state index contributed by atoms with van der Waals surface area (Å²) in [6.45, 7) is 0. The number of aliphatic hydroxyl groups excluding tert-OH is 1. The Labute approximate surface area is 155 Å². The summed E-state index contributed by atoms with van der Waals surface area (Å²) in [4.78, 5) is 0.985. The number of aromatic hydroxyl groups is 1. The minimum Gasteiger partial charge on any atom is -0.746 e. The quantitative estimate of drug-likeness (QED) is 0.418. The van der Waals surface area contributed by atoms with Gasteiger partial charge in [-0.3, -0.25) is 0 Å². The van der Waals surface area contributed by atoms with Gasteiger partial charge in [-0.25, -0.2) is 8.42 Å². The molecule has 0 saturated heterocycles. The van der Waals surface area contributed by atoms with E-state index in [9.17, 15) is 23.2 Å². The molecule has 112 valence electrons. The second-order valence-electron chi connectivity index (χ2n) is 4.37. The Balaban J connectivity index is 0.00000242. The van der Waals surface area contributed by atoms with Crippen molar-refractivity contribution in [1.82, 2.24) is 0 Å². The molecular formula is C14H13NaO5S2. The number of thioether (sulfide) groups is 1. The van der Waals surface area contributed by atoms with Crippen LogP contribution < -0.4 is 29.6 Å². The Morgan fingerprint density at radius 3 is 2.09 bits per heavy atom. The van der Waals surface area contributed by atoms with E-state index in [0.29, 0.717) is 5.75 Å². The summed E-state index contributed by atoms with van der Waals surface area (Å²) in [6, 6.07) is 13.0. The van der Waals surface area contributed by atoms with Crippen LogP contribution in [0.25, 0.3) is 0 Å². The van der Waals surface area contributed by atoms with E-state index in [4.69, 9.17) is 0 Å². The molecule has 0 radical (unpaired) electrons. The smallest absolute Gasteiger partial charge is 0.746 e. The van der Waals surface area contributed by atoms with Crippen molar-refractivity contribution in [2.75, 3.05) is 0 Å². The van der Waals surface area contributed by atoms with E-state index in [1.54, 1.807) is 48.2 Å². The SMILES string of the molecule is O=S(=O)([O-])C(O)c1ccc(CSc2ccc(O)cc2)cc1.[Na+]. The molecule has 0 aliphatic carbocycles. The molecule has 2 aromatic rings. The van der Waals surface area contributed by atoms with Gasteiger partial charge < -0.3 is 14.8 Å². The van der Waals surface area contributed by atoms with Crippen molar-refractivity contribution in [3.05, 3.63) is 59.7 Å². The molecular weight excluding hydrogens is 335 g/mol. The Hall–Kier alpha value is -0.540. The van der Waals surface area contributed by atoms with Crippen LogP contribution in [0.1, 0.15) is 16.6 Å². The number of hydrogen-bond donors (Lipinski definition) is 2. The zero-order chi connectivity index (χ0) is 15.5. The number of rotatable bonds is 5. The van der Waals surface area contributed by atoms with Crippen molar-refractivity contribution in [1.29, 1.82) is 0 Å². The number of aliphatic hydroxyl groups is 1. The van der Waals surface area contributed by atoms with Crippen LogP contribution in [0.5, 0.6) is 5.75 Å². The zero-order valence-corrected chi connectivity index (χ0v) is 15.5. The molecule has 0 aliphatic rings. The molecule has 22 heavy (non-hydrogen) atoms. The van der Waals surface area contributed by atoms with Crippen LogP contribution in [0.4, 0.5) is 0 Å². The van der Waals surface area contributed by atoms with Gasteiger partial charge in [-0.1, -0.05) is 24.3 Å². The van der Waals surface area contributed by atoms with Gasteiger partial charge in [0.15, 0.2) is 5.44 Å². The van der Waals surface area contributed by atoms with Gasteiger partial charge in [-0.2, -0.15) is 0 Å². The molecule has 0 heterocycles. The molecule has 0 bridgehead atoms. The summed E-state index contributed by atoms with van der Waals surface area (Å²) in [6.07, 6.45) is 0. The molecule has 1 unspecified atom stereocenters. The van der Waals surface area contributed by atoms with Crippen LogP contribution in [0.15, 0.2) is 53.4 Å². The fraction of sp³-hybridized carbons (Fsp3) is 0.143. The molecule has 8 heteroatoms. The van der Waals surface area contributed by atoms with Crippen molar-refractivity contribution in [2.24, 2.45) is 0 Å². The normalized spacial score (nSPS) is 12.5. The molecule has 0 aromatic heterocycles. The molecule has 5 nitrogen and oxygen atoms in total. The first-order valence-corrected chi connectivity index (χ1v) is 8.45. The van der Waals surface area contributed by atoms with Gasteiger partial charge in [0.2, 0.25) is 0 Å². The summed E-state index contributed by atoms with van der Waals surface area (Å²) in [5.41, 5.74) is -1.05. The monoisotopic (exact) mass is 348 g/mol. The van der Waals surface area contributed by atoms with E-state index in [0.717, 1.165) is 10.5 Å². The maximum absolute atomic E-state index is 10.7. The second-order valence-corrected chi connectivity index (χ2v) is 6.85. The van der Waals surface area contributed by atoms with E-state index in [1.165, 1.54) is 12.1 Å². The summed E-state index contributed by atoms with van der Waals surface area (Å²) >= 11 is 1.55. The topological polar surface area (TPSA) is 97.7 Å². The minimum atomic E-state index is -4.75. The molecule has 1 atom stereocenters. The zero-order valence-electron chi connectivity index (χ0n) is 11.8. The first-order valence-electron chi connectivity index (χ1n) is 6.00. The predicted molar refractivity (Wildman–Crippen MR) is 78.8 cm³/mol. The van der Waals surface area contributed by atoms with Gasteiger partial charge in [-0.05, 0) is 35.4 Å². The van der Waals surface area contributed by atoms with Gasteiger partial charge >= 0.3 is 29.6 Å². The maximum Gasteiger partial charge on any atom is 1.00 e. The van der Waals surface area contributed by atoms with Crippen LogP contribution in [0, 0.1) is 0 Å². The number of hydrogen-bond acceptors (Lipinski definition) is 6. The molecule has 2 aromatic carbocycles. The Kier molecular flexibility index (Phi) is 7.40. The van der Waals surface area contributed by atoms with E-state index in [1.807, 2.05) is 0 Å². The van der Waals surface area contributed by atoms with Gasteiger partial charge in [0.25, 0.3) is 0 Å². The average Bonchev–Trinajstić information content (AvgIpc) is 2.45. The van der Waals surface area contributed by atoms with Crippen molar-refractivity contribution in [2.45, 2.75) is 16.1 Å². The van der Waals surface area contributed by atoms with E-state index in [-0.39, 0.29) is 40.9 Å². The average molecular weight is 348 g/mol. The molecule has 2 N–H and O–H groups in total. The van der Waals surface area contributed by atoms with Gasteiger partial charge in [0, 0.05) is 10.6 Å². The fourth-order valence-corrected chi connectivity index (χ4v) is 3.00. The largest absolute Gasteiger partial charge is 1.00 e. The number of phenolic OH excluding ortho intramolecular Hbond substituents is 1. The van der Waals surface area contributed by atoms with Crippen LogP contribution in [0.2, 0.25) is 0 Å². The van der Waals surface area contributed by atoms with E-state index < -0.39 is 15.6 Å². The molecule has 0 spiro atoms. The molecule has 2 rings (SSSR count). The minimum absolute atomic E-state index is 0. The number of benzene rings is 2. The summed E-state index contributed by atoms with van der Waals surface area (Å²) in [7, 11) is -4.75. The van der Waals surface area contributed by atoms with Crippen LogP contribution in [-0.4, -0.2) is 23.2 Å². The third-order valence-corrected chi connectivity index (χ3v) is 4.68. The third-order valence-electron chi connectivity index (χ3n) is 2.78. The van der Waals surface area contributed by atoms with Crippen LogP contribution in [0.3, 0.4) is 0 Å². The Morgan fingerprint density at radius 1 is 1.05 bits per heavy atom. The summed E-state index contributed by atoms with van der Waals surface area (Å²) < 4.78 is 32.2. The Morgan fingerprint density at radius 2 is 1.59 bits per heavy atom. The summed E-state index contributed by atoms with van der Waals surface area (Å²) in [5, 5.41) is 18.5. The van der Waals surface area contributed by atoms with Gasteiger partial charge in [-0.15, -0.1) is 11.8 Å². The van der Waals surface area contributed by atoms with Crippen molar-refractivity contribution in [3.8, 4) is 5.75 Å². The van der Waals surface area contributed by atoms with Crippen LogP contribution >= 0.6 is 11.8 Å². The first-order chi connectivity index (χ1) is 9.86. The van der Waals surface area contributed by atoms with Crippen molar-refractivity contribution < 1.29 is 52.7 Å². The molecule has 0 saturated carbocycles. The summed E-state index contributed by atoms with van der Waals surface area (Å²) in [5.74, 6) is 0.849.